The van der Waals surface area contributed by atoms with Crippen LogP contribution in [0.15, 0.2) is 66.2 Å². The molecule has 0 bridgehead atoms. The molecule has 3 N–H and O–H groups in total. The summed E-state index contributed by atoms with van der Waals surface area (Å²) in [6.45, 7) is 0.450. The topological polar surface area (TPSA) is 118 Å². The fraction of sp³-hybridized carbons (Fsp3) is 0.292. The average molecular weight is 444 g/mol. The third-order valence-corrected chi connectivity index (χ3v) is 5.92. The number of fused-ring (bicyclic) bond motifs is 1. The second-order valence-electron chi connectivity index (χ2n) is 8.29. The highest BCUT2D eigenvalue weighted by Gasteiger charge is 2.21. The number of aromatic nitrogens is 5. The summed E-state index contributed by atoms with van der Waals surface area (Å²) in [5, 5.41) is 17.9. The van der Waals surface area contributed by atoms with Gasteiger partial charge in [0.1, 0.15) is 17.5 Å². The quantitative estimate of drug-likeness (QED) is 0.416. The van der Waals surface area contributed by atoms with Crippen molar-refractivity contribution in [1.29, 1.82) is 0 Å². The summed E-state index contributed by atoms with van der Waals surface area (Å²) >= 11 is 0. The van der Waals surface area contributed by atoms with Crippen LogP contribution in [0.25, 0.3) is 10.8 Å². The maximum absolute atomic E-state index is 13.5. The van der Waals surface area contributed by atoms with Gasteiger partial charge in [-0.1, -0.05) is 0 Å². The van der Waals surface area contributed by atoms with Crippen molar-refractivity contribution in [2.45, 2.75) is 44.4 Å². The molecule has 33 heavy (non-hydrogen) atoms. The summed E-state index contributed by atoms with van der Waals surface area (Å²) in [5.74, 6) is 1.68. The summed E-state index contributed by atoms with van der Waals surface area (Å²) in [5.41, 5.74) is 0.886. The summed E-state index contributed by atoms with van der Waals surface area (Å²) in [6, 6.07) is 7.71. The molecule has 9 heteroatoms. The van der Waals surface area contributed by atoms with Crippen LogP contribution in [0.2, 0.25) is 0 Å². The van der Waals surface area contributed by atoms with Gasteiger partial charge >= 0.3 is 0 Å². The normalized spacial score (nSPS) is 18.2. The van der Waals surface area contributed by atoms with E-state index in [0.717, 1.165) is 36.6 Å². The van der Waals surface area contributed by atoms with Gasteiger partial charge in [0.25, 0.3) is 5.56 Å². The molecule has 1 aliphatic carbocycles. The van der Waals surface area contributed by atoms with E-state index in [1.54, 1.807) is 41.7 Å². The Morgan fingerprint density at radius 2 is 1.82 bits per heavy atom. The van der Waals surface area contributed by atoms with E-state index in [2.05, 4.69) is 25.6 Å². The SMILES string of the molecule is O=c1c2c(NC3CCC(O)CC3)nc(Nc3cnccn3)cc2ccn1Cc1ccncc1. The van der Waals surface area contributed by atoms with Crippen molar-refractivity contribution in [2.24, 2.45) is 0 Å². The maximum atomic E-state index is 13.5. The highest BCUT2D eigenvalue weighted by molar-refractivity contribution is 5.93. The summed E-state index contributed by atoms with van der Waals surface area (Å²) in [6.07, 6.45) is 12.9. The van der Waals surface area contributed by atoms with Crippen LogP contribution in [-0.4, -0.2) is 41.8 Å². The second-order valence-corrected chi connectivity index (χ2v) is 8.29. The zero-order chi connectivity index (χ0) is 22.6. The van der Waals surface area contributed by atoms with E-state index in [9.17, 15) is 9.90 Å². The molecule has 4 heterocycles. The summed E-state index contributed by atoms with van der Waals surface area (Å²) < 4.78 is 1.69. The standard InChI is InChI=1S/C24H25N7O2/c32-19-3-1-18(2-4-19)28-23-22-17(13-20(30-23)29-21-14-26-10-11-27-21)7-12-31(24(22)33)15-16-5-8-25-9-6-16/h5-14,18-19,32H,1-4,15H2,(H2,27,28,29,30). The van der Waals surface area contributed by atoms with E-state index in [0.29, 0.717) is 29.4 Å². The molecule has 1 saturated carbocycles. The number of anilines is 3. The third kappa shape index (κ3) is 4.83. The lowest BCUT2D eigenvalue weighted by Gasteiger charge is -2.27. The fourth-order valence-electron chi connectivity index (χ4n) is 4.19. The predicted octanol–water partition coefficient (Wildman–Crippen LogP) is 3.09. The van der Waals surface area contributed by atoms with E-state index in [1.165, 1.54) is 0 Å². The first-order valence-electron chi connectivity index (χ1n) is 11.1. The highest BCUT2D eigenvalue weighted by atomic mass is 16.3. The molecule has 0 amide bonds. The molecular weight excluding hydrogens is 418 g/mol. The first kappa shape index (κ1) is 21.0. The lowest BCUT2D eigenvalue weighted by atomic mass is 9.93. The molecule has 4 aromatic heterocycles. The van der Waals surface area contributed by atoms with Gasteiger partial charge in [0, 0.05) is 37.0 Å². The van der Waals surface area contributed by atoms with E-state index in [4.69, 9.17) is 4.98 Å². The Morgan fingerprint density at radius 3 is 2.58 bits per heavy atom. The van der Waals surface area contributed by atoms with Crippen molar-refractivity contribution >= 4 is 28.2 Å². The number of hydrogen-bond acceptors (Lipinski definition) is 8. The van der Waals surface area contributed by atoms with Gasteiger partial charge in [0.15, 0.2) is 0 Å². The molecule has 0 aromatic carbocycles. The Bertz CT molecular complexity index is 1290. The van der Waals surface area contributed by atoms with Crippen molar-refractivity contribution in [1.82, 2.24) is 24.5 Å². The Morgan fingerprint density at radius 1 is 1.00 bits per heavy atom. The average Bonchev–Trinajstić information content (AvgIpc) is 2.83. The van der Waals surface area contributed by atoms with Crippen LogP contribution in [0.4, 0.5) is 17.5 Å². The number of aliphatic hydroxyl groups excluding tert-OH is 1. The largest absolute Gasteiger partial charge is 0.393 e. The minimum Gasteiger partial charge on any atom is -0.393 e. The van der Waals surface area contributed by atoms with Gasteiger partial charge in [-0.3, -0.25) is 14.8 Å². The minimum atomic E-state index is -0.255. The van der Waals surface area contributed by atoms with Crippen LogP contribution < -0.4 is 16.2 Å². The van der Waals surface area contributed by atoms with Gasteiger partial charge in [-0.25, -0.2) is 9.97 Å². The monoisotopic (exact) mass is 443 g/mol. The number of pyridine rings is 3. The highest BCUT2D eigenvalue weighted by Crippen LogP contribution is 2.27. The summed E-state index contributed by atoms with van der Waals surface area (Å²) in [4.78, 5) is 30.6. The van der Waals surface area contributed by atoms with Crippen molar-refractivity contribution in [3.05, 3.63) is 77.4 Å². The molecule has 5 rings (SSSR count). The van der Waals surface area contributed by atoms with E-state index >= 15 is 0 Å². The molecule has 0 spiro atoms. The van der Waals surface area contributed by atoms with Crippen LogP contribution >= 0.6 is 0 Å². The van der Waals surface area contributed by atoms with Gasteiger partial charge in [-0.05, 0) is 60.9 Å². The predicted molar refractivity (Wildman–Crippen MR) is 127 cm³/mol. The number of aliphatic hydroxyl groups is 1. The minimum absolute atomic E-state index is 0.110. The number of nitrogens with zero attached hydrogens (tertiary/aromatic N) is 5. The molecular formula is C24H25N7O2. The Labute approximate surface area is 190 Å². The number of nitrogens with one attached hydrogen (secondary N) is 2. The van der Waals surface area contributed by atoms with Crippen molar-refractivity contribution in [3.63, 3.8) is 0 Å². The summed E-state index contributed by atoms with van der Waals surface area (Å²) in [7, 11) is 0. The Hall–Kier alpha value is -3.85. The molecule has 0 aliphatic heterocycles. The second kappa shape index (κ2) is 9.33. The lowest BCUT2D eigenvalue weighted by Crippen LogP contribution is -2.30. The number of rotatable bonds is 6. The van der Waals surface area contributed by atoms with Crippen LogP contribution in [0.1, 0.15) is 31.2 Å². The molecule has 4 aromatic rings. The zero-order valence-corrected chi connectivity index (χ0v) is 18.1. The third-order valence-electron chi connectivity index (χ3n) is 5.92. The first-order valence-corrected chi connectivity index (χ1v) is 11.1. The lowest BCUT2D eigenvalue weighted by molar-refractivity contribution is 0.126. The first-order chi connectivity index (χ1) is 16.2. The zero-order valence-electron chi connectivity index (χ0n) is 18.1. The van der Waals surface area contributed by atoms with Crippen molar-refractivity contribution in [3.8, 4) is 0 Å². The molecule has 168 valence electrons. The molecule has 0 atom stereocenters. The number of hydrogen-bond donors (Lipinski definition) is 3. The van der Waals surface area contributed by atoms with E-state index < -0.39 is 0 Å². The molecule has 0 radical (unpaired) electrons. The van der Waals surface area contributed by atoms with Crippen LogP contribution in [0.5, 0.6) is 0 Å². The molecule has 1 aliphatic rings. The fourth-order valence-corrected chi connectivity index (χ4v) is 4.19. The van der Waals surface area contributed by atoms with Crippen LogP contribution in [0, 0.1) is 0 Å². The maximum Gasteiger partial charge on any atom is 0.262 e. The van der Waals surface area contributed by atoms with Gasteiger partial charge < -0.3 is 20.3 Å². The van der Waals surface area contributed by atoms with Gasteiger partial charge in [-0.15, -0.1) is 0 Å². The smallest absolute Gasteiger partial charge is 0.262 e. The van der Waals surface area contributed by atoms with Crippen LogP contribution in [0.3, 0.4) is 0 Å². The van der Waals surface area contributed by atoms with Crippen LogP contribution in [-0.2, 0) is 6.54 Å². The molecule has 0 unspecified atom stereocenters. The van der Waals surface area contributed by atoms with Crippen molar-refractivity contribution in [2.75, 3.05) is 10.6 Å². The molecule has 0 saturated heterocycles. The van der Waals surface area contributed by atoms with E-state index in [1.807, 2.05) is 24.3 Å². The van der Waals surface area contributed by atoms with Gasteiger partial charge in [0.05, 0.1) is 24.2 Å². The van der Waals surface area contributed by atoms with Gasteiger partial charge in [-0.2, -0.15) is 0 Å². The Kier molecular flexibility index (Phi) is 5.95. The molecule has 1 fully saturated rings. The Balaban J connectivity index is 1.55. The van der Waals surface area contributed by atoms with Gasteiger partial charge in [0.2, 0.25) is 0 Å². The van der Waals surface area contributed by atoms with E-state index in [-0.39, 0.29) is 17.7 Å². The molecule has 9 nitrogen and oxygen atoms in total. The van der Waals surface area contributed by atoms with Crippen molar-refractivity contribution < 1.29 is 5.11 Å².